The molecule has 0 unspecified atom stereocenters. The molecule has 0 radical (unpaired) electrons. The van der Waals surface area contributed by atoms with Crippen molar-refractivity contribution < 1.29 is 0 Å². The highest BCUT2D eigenvalue weighted by atomic mass is 32.1. The number of hydrogen-bond acceptors (Lipinski definition) is 5. The predicted octanol–water partition coefficient (Wildman–Crippen LogP) is 3.41. The summed E-state index contributed by atoms with van der Waals surface area (Å²) in [5, 5.41) is 1.20. The van der Waals surface area contributed by atoms with Crippen molar-refractivity contribution in [2.24, 2.45) is 5.92 Å². The molecule has 5 heteroatoms. The van der Waals surface area contributed by atoms with E-state index in [9.17, 15) is 0 Å². The molecule has 0 amide bonds. The standard InChI is InChI=1S/C15H20N4S/c1-2-8-19(10-11-5-6-11)15-13(14(16)18-20-15)12-4-3-7-17-9-12/h3-4,7,9,11H,2,5-6,8,10H2,1H3,(H2,16,18). The second kappa shape index (κ2) is 5.79. The Labute approximate surface area is 123 Å². The van der Waals surface area contributed by atoms with E-state index in [0.29, 0.717) is 5.82 Å². The van der Waals surface area contributed by atoms with Crippen LogP contribution in [0.3, 0.4) is 0 Å². The quantitative estimate of drug-likeness (QED) is 0.885. The zero-order valence-electron chi connectivity index (χ0n) is 11.7. The molecule has 4 nitrogen and oxygen atoms in total. The van der Waals surface area contributed by atoms with E-state index in [0.717, 1.165) is 36.6 Å². The molecule has 1 fully saturated rings. The molecule has 0 aliphatic heterocycles. The fraction of sp³-hybridized carbons (Fsp3) is 0.467. The maximum atomic E-state index is 6.10. The smallest absolute Gasteiger partial charge is 0.147 e. The Kier molecular flexibility index (Phi) is 3.87. The first-order chi connectivity index (χ1) is 9.79. The van der Waals surface area contributed by atoms with Crippen LogP contribution in [-0.4, -0.2) is 22.4 Å². The molecule has 1 aliphatic carbocycles. The molecule has 106 valence electrons. The molecule has 20 heavy (non-hydrogen) atoms. The monoisotopic (exact) mass is 288 g/mol. The number of pyridine rings is 1. The minimum Gasteiger partial charge on any atom is -0.382 e. The van der Waals surface area contributed by atoms with Crippen LogP contribution >= 0.6 is 11.5 Å². The number of nitrogen functional groups attached to an aromatic ring is 1. The molecule has 3 rings (SSSR count). The van der Waals surface area contributed by atoms with E-state index < -0.39 is 0 Å². The molecule has 2 aromatic heterocycles. The van der Waals surface area contributed by atoms with Crippen LogP contribution in [0, 0.1) is 5.92 Å². The zero-order valence-corrected chi connectivity index (χ0v) is 12.6. The van der Waals surface area contributed by atoms with Gasteiger partial charge in [-0.1, -0.05) is 13.0 Å². The molecule has 0 saturated heterocycles. The van der Waals surface area contributed by atoms with Crippen LogP contribution in [0.1, 0.15) is 26.2 Å². The summed E-state index contributed by atoms with van der Waals surface area (Å²) in [5.74, 6) is 1.47. The normalized spacial score (nSPS) is 14.4. The van der Waals surface area contributed by atoms with Gasteiger partial charge >= 0.3 is 0 Å². The van der Waals surface area contributed by atoms with Crippen molar-refractivity contribution >= 4 is 22.4 Å². The maximum absolute atomic E-state index is 6.10. The van der Waals surface area contributed by atoms with Crippen LogP contribution in [0.5, 0.6) is 0 Å². The van der Waals surface area contributed by atoms with Gasteiger partial charge < -0.3 is 10.6 Å². The highest BCUT2D eigenvalue weighted by molar-refractivity contribution is 7.11. The number of rotatable bonds is 6. The van der Waals surface area contributed by atoms with Crippen molar-refractivity contribution in [3.05, 3.63) is 24.5 Å². The first kappa shape index (κ1) is 13.4. The highest BCUT2D eigenvalue weighted by Gasteiger charge is 2.27. The van der Waals surface area contributed by atoms with Gasteiger partial charge in [-0.2, -0.15) is 4.37 Å². The van der Waals surface area contributed by atoms with Gasteiger partial charge in [0.25, 0.3) is 0 Å². The first-order valence-corrected chi connectivity index (χ1v) is 7.97. The van der Waals surface area contributed by atoms with E-state index in [2.05, 4.69) is 27.2 Å². The minimum absolute atomic E-state index is 0.620. The Morgan fingerprint density at radius 3 is 2.95 bits per heavy atom. The molecule has 0 spiro atoms. The van der Waals surface area contributed by atoms with Crippen LogP contribution < -0.4 is 10.6 Å². The number of aromatic nitrogens is 2. The van der Waals surface area contributed by atoms with E-state index in [1.807, 2.05) is 12.3 Å². The van der Waals surface area contributed by atoms with E-state index in [1.165, 1.54) is 29.4 Å². The van der Waals surface area contributed by atoms with Crippen LogP contribution in [0.15, 0.2) is 24.5 Å². The SMILES string of the molecule is CCCN(CC1CC1)c1snc(N)c1-c1cccnc1. The lowest BCUT2D eigenvalue weighted by molar-refractivity contribution is 0.713. The predicted molar refractivity (Wildman–Crippen MR) is 85.0 cm³/mol. The molecule has 2 N–H and O–H groups in total. The van der Waals surface area contributed by atoms with E-state index in [-0.39, 0.29) is 0 Å². The summed E-state index contributed by atoms with van der Waals surface area (Å²) in [6.07, 6.45) is 7.50. The van der Waals surface area contributed by atoms with Crippen molar-refractivity contribution in [2.75, 3.05) is 23.7 Å². The lowest BCUT2D eigenvalue weighted by atomic mass is 10.1. The number of anilines is 2. The third-order valence-corrected chi connectivity index (χ3v) is 4.53. The molecule has 2 heterocycles. The Bertz CT molecular complexity index is 563. The molecule has 0 aromatic carbocycles. The molecule has 2 aromatic rings. The molecule has 1 aliphatic rings. The van der Waals surface area contributed by atoms with Crippen molar-refractivity contribution in [1.82, 2.24) is 9.36 Å². The van der Waals surface area contributed by atoms with Crippen LogP contribution in [0.4, 0.5) is 10.8 Å². The topological polar surface area (TPSA) is 55.0 Å². The summed E-state index contributed by atoms with van der Waals surface area (Å²) in [5.41, 5.74) is 8.21. The van der Waals surface area contributed by atoms with Crippen molar-refractivity contribution in [2.45, 2.75) is 26.2 Å². The summed E-state index contributed by atoms with van der Waals surface area (Å²) < 4.78 is 4.37. The number of hydrogen-bond donors (Lipinski definition) is 1. The van der Waals surface area contributed by atoms with Crippen LogP contribution in [0.25, 0.3) is 11.1 Å². The molecule has 0 atom stereocenters. The van der Waals surface area contributed by atoms with Crippen molar-refractivity contribution in [3.63, 3.8) is 0 Å². The summed E-state index contributed by atoms with van der Waals surface area (Å²) in [6, 6.07) is 4.00. The van der Waals surface area contributed by atoms with E-state index in [4.69, 9.17) is 5.73 Å². The third kappa shape index (κ3) is 2.77. The lowest BCUT2D eigenvalue weighted by Crippen LogP contribution is -2.26. The third-order valence-electron chi connectivity index (χ3n) is 3.61. The molecular weight excluding hydrogens is 268 g/mol. The fourth-order valence-corrected chi connectivity index (χ4v) is 3.32. The van der Waals surface area contributed by atoms with Gasteiger partial charge in [0.15, 0.2) is 0 Å². The van der Waals surface area contributed by atoms with Gasteiger partial charge in [0.05, 0.1) is 5.56 Å². The Morgan fingerprint density at radius 2 is 2.30 bits per heavy atom. The van der Waals surface area contributed by atoms with Crippen LogP contribution in [0.2, 0.25) is 0 Å². The highest BCUT2D eigenvalue weighted by Crippen LogP contribution is 2.41. The molecule has 0 bridgehead atoms. The van der Waals surface area contributed by atoms with Gasteiger partial charge in [-0.15, -0.1) is 0 Å². The van der Waals surface area contributed by atoms with E-state index >= 15 is 0 Å². The second-order valence-electron chi connectivity index (χ2n) is 5.38. The maximum Gasteiger partial charge on any atom is 0.147 e. The van der Waals surface area contributed by atoms with Crippen molar-refractivity contribution in [3.8, 4) is 11.1 Å². The molecule has 1 saturated carbocycles. The first-order valence-electron chi connectivity index (χ1n) is 7.20. The van der Waals surface area contributed by atoms with E-state index in [1.54, 1.807) is 6.20 Å². The van der Waals surface area contributed by atoms with Gasteiger partial charge in [-0.3, -0.25) is 4.98 Å². The average molecular weight is 288 g/mol. The van der Waals surface area contributed by atoms with Gasteiger partial charge in [0.2, 0.25) is 0 Å². The van der Waals surface area contributed by atoms with Gasteiger partial charge in [-0.25, -0.2) is 0 Å². The van der Waals surface area contributed by atoms with Crippen LogP contribution in [-0.2, 0) is 0 Å². The van der Waals surface area contributed by atoms with Crippen molar-refractivity contribution in [1.29, 1.82) is 0 Å². The van der Waals surface area contributed by atoms with Gasteiger partial charge in [-0.05, 0) is 42.8 Å². The summed E-state index contributed by atoms with van der Waals surface area (Å²) >= 11 is 1.51. The number of nitrogens with zero attached hydrogens (tertiary/aromatic N) is 3. The second-order valence-corrected chi connectivity index (χ2v) is 6.13. The average Bonchev–Trinajstić information content (AvgIpc) is 3.20. The summed E-state index contributed by atoms with van der Waals surface area (Å²) in [7, 11) is 0. The summed E-state index contributed by atoms with van der Waals surface area (Å²) in [6.45, 7) is 4.40. The zero-order chi connectivity index (χ0) is 13.9. The van der Waals surface area contributed by atoms with Gasteiger partial charge in [0.1, 0.15) is 10.8 Å². The lowest BCUT2D eigenvalue weighted by Gasteiger charge is -2.23. The largest absolute Gasteiger partial charge is 0.382 e. The Hall–Kier alpha value is -1.62. The minimum atomic E-state index is 0.620. The Morgan fingerprint density at radius 1 is 1.45 bits per heavy atom. The number of nitrogens with two attached hydrogens (primary N) is 1. The Balaban J connectivity index is 1.95. The summed E-state index contributed by atoms with van der Waals surface area (Å²) in [4.78, 5) is 6.66. The van der Waals surface area contributed by atoms with Gasteiger partial charge in [0, 0.05) is 31.0 Å². The molecular formula is C15H20N4S. The fourth-order valence-electron chi connectivity index (χ4n) is 2.45.